The Morgan fingerprint density at radius 1 is 1.10 bits per heavy atom. The summed E-state index contributed by atoms with van der Waals surface area (Å²) >= 11 is 0. The van der Waals surface area contributed by atoms with Gasteiger partial charge in [0.25, 0.3) is 0 Å². The van der Waals surface area contributed by atoms with Crippen molar-refractivity contribution in [3.63, 3.8) is 0 Å². The van der Waals surface area contributed by atoms with Crippen LogP contribution in [0.15, 0.2) is 24.4 Å². The number of hydrogen-bond donors (Lipinski definition) is 1. The van der Waals surface area contributed by atoms with Crippen LogP contribution in [-0.2, 0) is 0 Å². The van der Waals surface area contributed by atoms with E-state index in [0.717, 1.165) is 18.9 Å². The van der Waals surface area contributed by atoms with Gasteiger partial charge in [0.15, 0.2) is 0 Å². The molecule has 0 spiro atoms. The quantitative estimate of drug-likeness (QED) is 0.813. The molecule has 4 heteroatoms. The predicted molar refractivity (Wildman–Crippen MR) is 87.8 cm³/mol. The lowest BCUT2D eigenvalue weighted by atomic mass is 10.0. The summed E-state index contributed by atoms with van der Waals surface area (Å²) in [4.78, 5) is 9.45. The van der Waals surface area contributed by atoms with Crippen molar-refractivity contribution in [3.8, 4) is 0 Å². The van der Waals surface area contributed by atoms with E-state index >= 15 is 0 Å². The zero-order valence-electron chi connectivity index (χ0n) is 13.0. The number of nitrogens with one attached hydrogen (secondary N) is 1. The topological polar surface area (TPSA) is 31.4 Å². The van der Waals surface area contributed by atoms with Gasteiger partial charge in [-0.15, -0.1) is 0 Å². The van der Waals surface area contributed by atoms with E-state index in [1.807, 2.05) is 12.3 Å². The first-order valence-corrected chi connectivity index (χ1v) is 8.53. The van der Waals surface area contributed by atoms with Crippen LogP contribution in [0.2, 0.25) is 0 Å². The van der Waals surface area contributed by atoms with Crippen molar-refractivity contribution in [1.82, 2.24) is 15.2 Å². The Labute approximate surface area is 128 Å². The summed E-state index contributed by atoms with van der Waals surface area (Å²) in [5, 5.41) is 3.74. The van der Waals surface area contributed by atoms with Crippen molar-refractivity contribution >= 4 is 5.82 Å². The maximum atomic E-state index is 4.45. The van der Waals surface area contributed by atoms with Gasteiger partial charge >= 0.3 is 0 Å². The van der Waals surface area contributed by atoms with Gasteiger partial charge in [0.05, 0.1) is 0 Å². The molecule has 3 rings (SSSR count). The number of anilines is 1. The molecule has 1 aromatic heterocycles. The van der Waals surface area contributed by atoms with Gasteiger partial charge in [-0.3, -0.25) is 0 Å². The van der Waals surface area contributed by atoms with Crippen LogP contribution in [0.1, 0.15) is 32.1 Å². The Hall–Kier alpha value is -1.13. The lowest BCUT2D eigenvalue weighted by molar-refractivity contribution is 0.322. The largest absolute Gasteiger partial charge is 0.357 e. The average Bonchev–Trinajstić information content (AvgIpc) is 3.06. The normalized spacial score (nSPS) is 21.0. The van der Waals surface area contributed by atoms with E-state index in [2.05, 4.69) is 32.2 Å². The summed E-state index contributed by atoms with van der Waals surface area (Å²) in [6.45, 7) is 7.34. The van der Waals surface area contributed by atoms with E-state index in [1.54, 1.807) is 0 Å². The molecule has 2 fully saturated rings. The standard InChI is InChI=1S/C17H28N4/c1-2-9-19-17(6-1)21-14-7-16(8-15-21)18-10-5-13-20-11-3-4-12-20/h1-2,6,9,16,18H,3-5,7-8,10-15H2. The van der Waals surface area contributed by atoms with Crippen LogP contribution >= 0.6 is 0 Å². The van der Waals surface area contributed by atoms with Gasteiger partial charge in [-0.25, -0.2) is 4.98 Å². The van der Waals surface area contributed by atoms with Crippen molar-refractivity contribution < 1.29 is 0 Å². The second-order valence-corrected chi connectivity index (χ2v) is 6.31. The maximum Gasteiger partial charge on any atom is 0.128 e. The summed E-state index contributed by atoms with van der Waals surface area (Å²) in [7, 11) is 0. The summed E-state index contributed by atoms with van der Waals surface area (Å²) in [5.74, 6) is 1.13. The third kappa shape index (κ3) is 4.42. The summed E-state index contributed by atoms with van der Waals surface area (Å²) in [5.41, 5.74) is 0. The Morgan fingerprint density at radius 2 is 1.90 bits per heavy atom. The molecular formula is C17H28N4. The SMILES string of the molecule is c1ccc(N2CCC(NCCCN3CCCC3)CC2)nc1. The van der Waals surface area contributed by atoms with Gasteiger partial charge in [-0.2, -0.15) is 0 Å². The second kappa shape index (κ2) is 7.76. The van der Waals surface area contributed by atoms with Crippen molar-refractivity contribution in [2.24, 2.45) is 0 Å². The van der Waals surface area contributed by atoms with Crippen LogP contribution in [0, 0.1) is 0 Å². The highest BCUT2D eigenvalue weighted by atomic mass is 15.2. The summed E-state index contributed by atoms with van der Waals surface area (Å²) in [6, 6.07) is 6.87. The number of rotatable bonds is 6. The molecule has 0 amide bonds. The van der Waals surface area contributed by atoms with Gasteiger partial charge in [0.2, 0.25) is 0 Å². The Bertz CT molecular complexity index is 395. The minimum atomic E-state index is 0.698. The number of likely N-dealkylation sites (tertiary alicyclic amines) is 1. The van der Waals surface area contributed by atoms with Gasteiger partial charge in [0.1, 0.15) is 5.82 Å². The van der Waals surface area contributed by atoms with E-state index in [0.29, 0.717) is 6.04 Å². The third-order valence-electron chi connectivity index (χ3n) is 4.75. The monoisotopic (exact) mass is 288 g/mol. The van der Waals surface area contributed by atoms with E-state index in [1.165, 1.54) is 58.3 Å². The molecule has 1 aromatic rings. The van der Waals surface area contributed by atoms with Crippen LogP contribution < -0.4 is 10.2 Å². The fourth-order valence-electron chi connectivity index (χ4n) is 3.47. The molecule has 2 aliphatic heterocycles. The van der Waals surface area contributed by atoms with Crippen LogP contribution in [0.5, 0.6) is 0 Å². The zero-order chi connectivity index (χ0) is 14.3. The number of pyridine rings is 1. The van der Waals surface area contributed by atoms with Gasteiger partial charge < -0.3 is 15.1 Å². The van der Waals surface area contributed by atoms with Gasteiger partial charge in [-0.05, 0) is 70.4 Å². The van der Waals surface area contributed by atoms with Gasteiger partial charge in [-0.1, -0.05) is 6.07 Å². The van der Waals surface area contributed by atoms with E-state index in [-0.39, 0.29) is 0 Å². The molecule has 1 N–H and O–H groups in total. The number of hydrogen-bond acceptors (Lipinski definition) is 4. The molecular weight excluding hydrogens is 260 g/mol. The smallest absolute Gasteiger partial charge is 0.128 e. The lowest BCUT2D eigenvalue weighted by Crippen LogP contribution is -2.43. The molecule has 0 saturated carbocycles. The highest BCUT2D eigenvalue weighted by Gasteiger charge is 2.19. The van der Waals surface area contributed by atoms with Crippen LogP contribution in [0.3, 0.4) is 0 Å². The van der Waals surface area contributed by atoms with Crippen LogP contribution in [0.4, 0.5) is 5.82 Å². The second-order valence-electron chi connectivity index (χ2n) is 6.31. The molecule has 0 aliphatic carbocycles. The molecule has 0 aromatic carbocycles. The minimum Gasteiger partial charge on any atom is -0.357 e. The highest BCUT2D eigenvalue weighted by Crippen LogP contribution is 2.17. The Balaban J connectivity index is 1.30. The van der Waals surface area contributed by atoms with Crippen LogP contribution in [-0.4, -0.2) is 55.2 Å². The first-order chi connectivity index (χ1) is 10.4. The predicted octanol–water partition coefficient (Wildman–Crippen LogP) is 2.13. The fraction of sp³-hybridized carbons (Fsp3) is 0.706. The number of aromatic nitrogens is 1. The van der Waals surface area contributed by atoms with Crippen LogP contribution in [0.25, 0.3) is 0 Å². The summed E-state index contributed by atoms with van der Waals surface area (Å²) in [6.07, 6.45) is 8.46. The van der Waals surface area contributed by atoms with Crippen molar-refractivity contribution in [2.45, 2.75) is 38.1 Å². The van der Waals surface area contributed by atoms with Crippen molar-refractivity contribution in [2.75, 3.05) is 44.2 Å². The van der Waals surface area contributed by atoms with E-state index in [9.17, 15) is 0 Å². The van der Waals surface area contributed by atoms with Crippen molar-refractivity contribution in [1.29, 1.82) is 0 Å². The number of piperidine rings is 1. The summed E-state index contributed by atoms with van der Waals surface area (Å²) < 4.78 is 0. The van der Waals surface area contributed by atoms with E-state index < -0.39 is 0 Å². The molecule has 0 radical (unpaired) electrons. The molecule has 0 unspecified atom stereocenters. The molecule has 21 heavy (non-hydrogen) atoms. The minimum absolute atomic E-state index is 0.698. The molecule has 3 heterocycles. The molecule has 2 saturated heterocycles. The molecule has 0 atom stereocenters. The molecule has 0 bridgehead atoms. The highest BCUT2D eigenvalue weighted by molar-refractivity contribution is 5.38. The molecule has 4 nitrogen and oxygen atoms in total. The fourth-order valence-corrected chi connectivity index (χ4v) is 3.47. The zero-order valence-corrected chi connectivity index (χ0v) is 13.0. The van der Waals surface area contributed by atoms with Gasteiger partial charge in [0, 0.05) is 25.3 Å². The Morgan fingerprint density at radius 3 is 2.62 bits per heavy atom. The molecule has 2 aliphatic rings. The molecule has 116 valence electrons. The first kappa shape index (κ1) is 14.8. The Kier molecular flexibility index (Phi) is 5.46. The maximum absolute atomic E-state index is 4.45. The third-order valence-corrected chi connectivity index (χ3v) is 4.75. The van der Waals surface area contributed by atoms with E-state index in [4.69, 9.17) is 0 Å². The lowest BCUT2D eigenvalue weighted by Gasteiger charge is -2.33. The average molecular weight is 288 g/mol. The first-order valence-electron chi connectivity index (χ1n) is 8.53. The number of nitrogens with zero attached hydrogens (tertiary/aromatic N) is 3. The van der Waals surface area contributed by atoms with Crippen molar-refractivity contribution in [3.05, 3.63) is 24.4 Å².